The van der Waals surface area contributed by atoms with E-state index in [2.05, 4.69) is 48.2 Å². The van der Waals surface area contributed by atoms with Gasteiger partial charge >= 0.3 is 0 Å². The molecule has 2 bridgehead atoms. The molecule has 2 aromatic rings. The van der Waals surface area contributed by atoms with Crippen LogP contribution < -0.4 is 5.56 Å². The van der Waals surface area contributed by atoms with Crippen molar-refractivity contribution in [3.05, 3.63) is 70.1 Å². The van der Waals surface area contributed by atoms with Gasteiger partial charge in [0.05, 0.1) is 0 Å². The van der Waals surface area contributed by atoms with Crippen molar-refractivity contribution in [3.8, 4) is 0 Å². The Labute approximate surface area is 143 Å². The lowest BCUT2D eigenvalue weighted by molar-refractivity contribution is 0.117. The van der Waals surface area contributed by atoms with Crippen LogP contribution in [0.15, 0.2) is 53.3 Å². The number of piperidine rings is 1. The summed E-state index contributed by atoms with van der Waals surface area (Å²) >= 11 is 0. The topological polar surface area (TPSA) is 25.2 Å². The van der Waals surface area contributed by atoms with E-state index in [9.17, 15) is 4.79 Å². The number of fused-ring (bicyclic) bond motifs is 4. The second kappa shape index (κ2) is 6.56. The summed E-state index contributed by atoms with van der Waals surface area (Å²) in [6.07, 6.45) is 2.44. The minimum Gasteiger partial charge on any atom is -0.312 e. The van der Waals surface area contributed by atoms with E-state index in [0.29, 0.717) is 17.8 Å². The third-order valence-electron chi connectivity index (χ3n) is 5.80. The Morgan fingerprint density at radius 1 is 1.04 bits per heavy atom. The van der Waals surface area contributed by atoms with Gasteiger partial charge in [-0.15, -0.1) is 0 Å². The molecule has 3 atom stereocenters. The van der Waals surface area contributed by atoms with Gasteiger partial charge in [-0.05, 0) is 42.9 Å². The first-order valence-electron chi connectivity index (χ1n) is 9.18. The average molecular weight is 322 g/mol. The molecule has 4 rings (SSSR count). The number of hydrogen-bond acceptors (Lipinski definition) is 2. The fourth-order valence-corrected chi connectivity index (χ4v) is 4.50. The maximum absolute atomic E-state index is 12.1. The monoisotopic (exact) mass is 322 g/mol. The quantitative estimate of drug-likeness (QED) is 0.861. The molecule has 0 N–H and O–H groups in total. The third-order valence-corrected chi connectivity index (χ3v) is 5.80. The van der Waals surface area contributed by atoms with Crippen LogP contribution >= 0.6 is 0 Å². The average Bonchev–Trinajstić information content (AvgIpc) is 2.61. The lowest BCUT2D eigenvalue weighted by Gasteiger charge is -2.43. The summed E-state index contributed by atoms with van der Waals surface area (Å²) in [5.74, 6) is 1.75. The number of nitrogens with zero attached hydrogens (tertiary/aromatic N) is 2. The van der Waals surface area contributed by atoms with Crippen LogP contribution in [-0.4, -0.2) is 29.1 Å². The van der Waals surface area contributed by atoms with Gasteiger partial charge in [0, 0.05) is 37.3 Å². The maximum atomic E-state index is 12.1. The van der Waals surface area contributed by atoms with Crippen LogP contribution in [0.2, 0.25) is 0 Å². The number of likely N-dealkylation sites (tertiary alicyclic amines) is 1. The first-order valence-corrected chi connectivity index (χ1v) is 9.18. The largest absolute Gasteiger partial charge is 0.312 e. The van der Waals surface area contributed by atoms with Gasteiger partial charge in [0.15, 0.2) is 0 Å². The van der Waals surface area contributed by atoms with Gasteiger partial charge in [0.25, 0.3) is 5.56 Å². The third kappa shape index (κ3) is 3.05. The predicted octanol–water partition coefficient (Wildman–Crippen LogP) is 3.46. The molecule has 3 heteroatoms. The summed E-state index contributed by atoms with van der Waals surface area (Å²) in [5.41, 5.74) is 2.86. The van der Waals surface area contributed by atoms with Gasteiger partial charge in [-0.1, -0.05) is 43.3 Å². The van der Waals surface area contributed by atoms with Gasteiger partial charge in [-0.3, -0.25) is 4.79 Å². The van der Waals surface area contributed by atoms with E-state index in [1.54, 1.807) is 6.07 Å². The van der Waals surface area contributed by atoms with E-state index in [-0.39, 0.29) is 5.56 Å². The molecule has 0 spiro atoms. The van der Waals surface area contributed by atoms with Crippen molar-refractivity contribution in [2.24, 2.45) is 5.92 Å². The van der Waals surface area contributed by atoms with Crippen molar-refractivity contribution < 1.29 is 0 Å². The molecule has 0 amide bonds. The Bertz CT molecular complexity index is 752. The van der Waals surface area contributed by atoms with Crippen LogP contribution in [0.1, 0.15) is 42.9 Å². The fraction of sp³-hybridized carbons (Fsp3) is 0.476. The Balaban J connectivity index is 1.42. The molecular formula is C21H26N2O. The number of rotatable bonds is 4. The Hall–Kier alpha value is -1.87. The van der Waals surface area contributed by atoms with E-state index in [0.717, 1.165) is 26.2 Å². The van der Waals surface area contributed by atoms with Crippen LogP contribution in [0.25, 0.3) is 0 Å². The molecule has 2 aliphatic heterocycles. The van der Waals surface area contributed by atoms with Gasteiger partial charge in [-0.25, -0.2) is 0 Å². The van der Waals surface area contributed by atoms with Crippen molar-refractivity contribution in [1.82, 2.24) is 9.47 Å². The molecule has 1 fully saturated rings. The minimum atomic E-state index is 0.174. The lowest BCUT2D eigenvalue weighted by Crippen LogP contribution is -2.47. The second-order valence-electron chi connectivity index (χ2n) is 7.56. The number of hydrogen-bond donors (Lipinski definition) is 0. The van der Waals surface area contributed by atoms with E-state index in [4.69, 9.17) is 0 Å². The van der Waals surface area contributed by atoms with Gasteiger partial charge in [0.2, 0.25) is 0 Å². The highest BCUT2D eigenvalue weighted by atomic mass is 16.1. The van der Waals surface area contributed by atoms with Gasteiger partial charge < -0.3 is 9.47 Å². The molecule has 3 nitrogen and oxygen atoms in total. The first kappa shape index (κ1) is 15.6. The Kier molecular flexibility index (Phi) is 4.28. The van der Waals surface area contributed by atoms with E-state index in [1.165, 1.54) is 24.1 Å². The van der Waals surface area contributed by atoms with Crippen molar-refractivity contribution in [2.75, 3.05) is 19.6 Å². The summed E-state index contributed by atoms with van der Waals surface area (Å²) in [4.78, 5) is 14.7. The summed E-state index contributed by atoms with van der Waals surface area (Å²) in [6.45, 7) is 6.62. The zero-order valence-electron chi connectivity index (χ0n) is 14.4. The second-order valence-corrected chi connectivity index (χ2v) is 7.56. The Morgan fingerprint density at radius 3 is 2.71 bits per heavy atom. The molecule has 3 unspecified atom stereocenters. The first-order chi connectivity index (χ1) is 11.7. The van der Waals surface area contributed by atoms with Gasteiger partial charge in [-0.2, -0.15) is 0 Å². The molecule has 1 saturated heterocycles. The number of aromatic nitrogens is 1. The summed E-state index contributed by atoms with van der Waals surface area (Å²) < 4.78 is 2.02. The zero-order chi connectivity index (χ0) is 16.5. The highest BCUT2D eigenvalue weighted by Crippen LogP contribution is 2.35. The molecule has 126 valence electrons. The molecule has 0 saturated carbocycles. The molecule has 24 heavy (non-hydrogen) atoms. The van der Waals surface area contributed by atoms with Gasteiger partial charge in [0.1, 0.15) is 0 Å². The molecular weight excluding hydrogens is 296 g/mol. The van der Waals surface area contributed by atoms with E-state index >= 15 is 0 Å². The van der Waals surface area contributed by atoms with Crippen molar-refractivity contribution in [2.45, 2.75) is 38.1 Å². The Morgan fingerprint density at radius 2 is 1.88 bits per heavy atom. The summed E-state index contributed by atoms with van der Waals surface area (Å²) in [7, 11) is 0. The standard InChI is InChI=1S/C21H26N2O/c1-16(18-6-3-2-4-7-18)10-11-22-13-17-12-19(15-22)20-8-5-9-21(24)23(20)14-17/h2-9,16-17,19H,10-15H2,1H3. The highest BCUT2D eigenvalue weighted by molar-refractivity contribution is 5.19. The number of pyridine rings is 1. The van der Waals surface area contributed by atoms with Crippen LogP contribution in [0, 0.1) is 5.92 Å². The SMILES string of the molecule is CC(CCN1CC2CC(C1)c1cccc(=O)n1C2)c1ccccc1. The van der Waals surface area contributed by atoms with Crippen molar-refractivity contribution in [1.29, 1.82) is 0 Å². The fourth-order valence-electron chi connectivity index (χ4n) is 4.50. The molecule has 0 aliphatic carbocycles. The minimum absolute atomic E-state index is 0.174. The maximum Gasteiger partial charge on any atom is 0.250 e. The van der Waals surface area contributed by atoms with Crippen molar-refractivity contribution >= 4 is 0 Å². The van der Waals surface area contributed by atoms with Crippen molar-refractivity contribution in [3.63, 3.8) is 0 Å². The molecule has 3 heterocycles. The number of benzene rings is 1. The summed E-state index contributed by atoms with van der Waals surface area (Å²) in [5, 5.41) is 0. The van der Waals surface area contributed by atoms with Crippen LogP contribution in [0.5, 0.6) is 0 Å². The predicted molar refractivity (Wildman–Crippen MR) is 97.5 cm³/mol. The van der Waals surface area contributed by atoms with Crippen LogP contribution in [-0.2, 0) is 6.54 Å². The molecule has 1 aromatic heterocycles. The molecule has 0 radical (unpaired) electrons. The highest BCUT2D eigenvalue weighted by Gasteiger charge is 2.34. The normalized spacial score (nSPS) is 24.4. The lowest BCUT2D eigenvalue weighted by atomic mass is 9.83. The van der Waals surface area contributed by atoms with Crippen LogP contribution in [0.3, 0.4) is 0 Å². The smallest absolute Gasteiger partial charge is 0.250 e. The van der Waals surface area contributed by atoms with E-state index in [1.807, 2.05) is 10.6 Å². The molecule has 2 aliphatic rings. The zero-order valence-corrected chi connectivity index (χ0v) is 14.4. The van der Waals surface area contributed by atoms with Crippen LogP contribution in [0.4, 0.5) is 0 Å². The van der Waals surface area contributed by atoms with E-state index < -0.39 is 0 Å². The summed E-state index contributed by atoms with van der Waals surface area (Å²) in [6, 6.07) is 16.6. The molecule has 1 aromatic carbocycles.